The van der Waals surface area contributed by atoms with E-state index >= 15 is 0 Å². The van der Waals surface area contributed by atoms with Gasteiger partial charge in [0, 0.05) is 0 Å². The second-order valence-corrected chi connectivity index (χ2v) is 5.87. The van der Waals surface area contributed by atoms with Crippen LogP contribution in [0.1, 0.15) is 54.4 Å². The minimum Gasteiger partial charge on any atom is -0.0880 e. The van der Waals surface area contributed by atoms with Gasteiger partial charge in [-0.15, -0.1) is 0 Å². The Hall–Kier alpha value is -0.260. The molecule has 0 aliphatic heterocycles. The van der Waals surface area contributed by atoms with E-state index in [0.29, 0.717) is 10.8 Å². The number of hydrogen-bond acceptors (Lipinski definition) is 0. The number of allylic oxidation sites excluding steroid dienone is 2. The Labute approximate surface area is 78.1 Å². The molecule has 0 radical (unpaired) electrons. The van der Waals surface area contributed by atoms with Gasteiger partial charge in [0.05, 0.1) is 0 Å². The molecule has 0 saturated carbocycles. The first-order valence-corrected chi connectivity index (χ1v) is 4.88. The second-order valence-electron chi connectivity index (χ2n) is 5.87. The van der Waals surface area contributed by atoms with Crippen molar-refractivity contribution in [2.24, 2.45) is 10.8 Å². The van der Waals surface area contributed by atoms with Gasteiger partial charge in [0.25, 0.3) is 0 Å². The molecule has 0 bridgehead atoms. The van der Waals surface area contributed by atoms with Crippen molar-refractivity contribution in [3.63, 3.8) is 0 Å². The maximum Gasteiger partial charge on any atom is -0.0203 e. The third kappa shape index (κ3) is 9.74. The Kier molecular flexibility index (Phi) is 4.02. The molecule has 0 saturated heterocycles. The lowest BCUT2D eigenvalue weighted by atomic mass is 9.89. The van der Waals surface area contributed by atoms with Gasteiger partial charge in [-0.2, -0.15) is 0 Å². The fourth-order valence-electron chi connectivity index (χ4n) is 0.953. The zero-order chi connectivity index (χ0) is 9.83. The van der Waals surface area contributed by atoms with Gasteiger partial charge < -0.3 is 0 Å². The monoisotopic (exact) mass is 168 g/mol. The van der Waals surface area contributed by atoms with Crippen LogP contribution in [0.3, 0.4) is 0 Å². The van der Waals surface area contributed by atoms with E-state index < -0.39 is 0 Å². The van der Waals surface area contributed by atoms with Crippen LogP contribution < -0.4 is 0 Å². The van der Waals surface area contributed by atoms with Crippen molar-refractivity contribution in [2.45, 2.75) is 54.4 Å². The molecule has 0 heteroatoms. The van der Waals surface area contributed by atoms with E-state index in [1.165, 1.54) is 12.8 Å². The van der Waals surface area contributed by atoms with E-state index in [9.17, 15) is 0 Å². The lowest BCUT2D eigenvalue weighted by Gasteiger charge is -2.17. The quantitative estimate of drug-likeness (QED) is 0.536. The maximum atomic E-state index is 2.31. The van der Waals surface area contributed by atoms with Crippen LogP contribution in [0.4, 0.5) is 0 Å². The van der Waals surface area contributed by atoms with E-state index in [-0.39, 0.29) is 0 Å². The average molecular weight is 168 g/mol. The van der Waals surface area contributed by atoms with Crippen LogP contribution in [-0.2, 0) is 0 Å². The zero-order valence-corrected chi connectivity index (χ0v) is 9.57. The highest BCUT2D eigenvalue weighted by Crippen LogP contribution is 2.22. The molecule has 0 amide bonds. The molecule has 0 nitrogen and oxygen atoms in total. The van der Waals surface area contributed by atoms with Crippen molar-refractivity contribution in [1.29, 1.82) is 0 Å². The summed E-state index contributed by atoms with van der Waals surface area (Å²) in [5.74, 6) is 0. The molecule has 0 aromatic rings. The largest absolute Gasteiger partial charge is 0.0880 e. The molecular weight excluding hydrogens is 144 g/mol. The highest BCUT2D eigenvalue weighted by molar-refractivity contribution is 4.92. The molecule has 0 spiro atoms. The molecule has 0 aromatic heterocycles. The van der Waals surface area contributed by atoms with E-state index in [2.05, 4.69) is 53.7 Å². The van der Waals surface area contributed by atoms with Crippen LogP contribution in [-0.4, -0.2) is 0 Å². The topological polar surface area (TPSA) is 0 Å². The molecule has 12 heavy (non-hydrogen) atoms. The molecule has 0 fully saturated rings. The smallest absolute Gasteiger partial charge is 0.0203 e. The Morgan fingerprint density at radius 2 is 1.42 bits per heavy atom. The van der Waals surface area contributed by atoms with Crippen molar-refractivity contribution >= 4 is 0 Å². The third-order valence-electron chi connectivity index (χ3n) is 1.68. The lowest BCUT2D eigenvalue weighted by molar-refractivity contribution is 0.380. The molecule has 0 aliphatic rings. The van der Waals surface area contributed by atoms with Crippen molar-refractivity contribution < 1.29 is 0 Å². The van der Waals surface area contributed by atoms with Crippen LogP contribution in [0.15, 0.2) is 12.2 Å². The van der Waals surface area contributed by atoms with Gasteiger partial charge in [-0.05, 0) is 23.7 Å². The third-order valence-corrected chi connectivity index (χ3v) is 1.68. The summed E-state index contributed by atoms with van der Waals surface area (Å²) in [4.78, 5) is 0. The maximum absolute atomic E-state index is 2.31. The van der Waals surface area contributed by atoms with Gasteiger partial charge in [0.1, 0.15) is 0 Å². The summed E-state index contributed by atoms with van der Waals surface area (Å²) in [6.45, 7) is 13.6. The highest BCUT2D eigenvalue weighted by Gasteiger charge is 2.08. The first kappa shape index (κ1) is 11.7. The first-order valence-electron chi connectivity index (χ1n) is 4.88. The van der Waals surface area contributed by atoms with E-state index in [1.54, 1.807) is 0 Å². The second kappa shape index (κ2) is 4.11. The minimum absolute atomic E-state index is 0.345. The molecule has 0 aliphatic carbocycles. The molecule has 0 heterocycles. The molecular formula is C12H24. The van der Waals surface area contributed by atoms with Crippen LogP contribution in [0.25, 0.3) is 0 Å². The molecule has 0 rings (SSSR count). The van der Waals surface area contributed by atoms with Crippen molar-refractivity contribution in [3.8, 4) is 0 Å². The van der Waals surface area contributed by atoms with Gasteiger partial charge in [-0.3, -0.25) is 0 Å². The van der Waals surface area contributed by atoms with E-state index in [1.807, 2.05) is 0 Å². The highest BCUT2D eigenvalue weighted by atomic mass is 14.1. The van der Waals surface area contributed by atoms with Crippen LogP contribution in [0.5, 0.6) is 0 Å². The molecule has 0 atom stereocenters. The fourth-order valence-corrected chi connectivity index (χ4v) is 0.953. The average Bonchev–Trinajstić information content (AvgIpc) is 1.76. The van der Waals surface area contributed by atoms with Gasteiger partial charge >= 0.3 is 0 Å². The summed E-state index contributed by atoms with van der Waals surface area (Å²) in [7, 11) is 0. The molecule has 0 N–H and O–H groups in total. The molecule has 0 aromatic carbocycles. The van der Waals surface area contributed by atoms with Crippen molar-refractivity contribution in [3.05, 3.63) is 12.2 Å². The molecule has 72 valence electrons. The Morgan fingerprint density at radius 3 is 1.75 bits per heavy atom. The van der Waals surface area contributed by atoms with Gasteiger partial charge in [-0.25, -0.2) is 0 Å². The summed E-state index contributed by atoms with van der Waals surface area (Å²) in [5.41, 5.74) is 0.820. The SMILES string of the molecule is CC(C)(C)/C=C\CCC(C)(C)C. The van der Waals surface area contributed by atoms with Crippen LogP contribution in [0.2, 0.25) is 0 Å². The van der Waals surface area contributed by atoms with Crippen molar-refractivity contribution in [2.75, 3.05) is 0 Å². The normalized spacial score (nSPS) is 14.2. The minimum atomic E-state index is 0.345. The van der Waals surface area contributed by atoms with Gasteiger partial charge in [0.15, 0.2) is 0 Å². The number of rotatable bonds is 2. The first-order chi connectivity index (χ1) is 5.21. The summed E-state index contributed by atoms with van der Waals surface area (Å²) >= 11 is 0. The van der Waals surface area contributed by atoms with E-state index in [0.717, 1.165) is 0 Å². The van der Waals surface area contributed by atoms with E-state index in [4.69, 9.17) is 0 Å². The summed E-state index contributed by atoms with van der Waals surface area (Å²) in [6, 6.07) is 0. The Bertz CT molecular complexity index is 138. The molecule has 0 unspecified atom stereocenters. The predicted molar refractivity (Wildman–Crippen MR) is 57.3 cm³/mol. The zero-order valence-electron chi connectivity index (χ0n) is 9.57. The summed E-state index contributed by atoms with van der Waals surface area (Å²) in [6.07, 6.45) is 7.10. The lowest BCUT2D eigenvalue weighted by Crippen LogP contribution is -2.04. The summed E-state index contributed by atoms with van der Waals surface area (Å²) < 4.78 is 0. The summed E-state index contributed by atoms with van der Waals surface area (Å²) in [5, 5.41) is 0. The standard InChI is InChI=1S/C12H24/c1-11(2,3)9-7-8-10-12(4,5)6/h7,9H,8,10H2,1-6H3/b9-7-. The van der Waals surface area contributed by atoms with Crippen LogP contribution >= 0.6 is 0 Å². The number of hydrogen-bond donors (Lipinski definition) is 0. The van der Waals surface area contributed by atoms with Gasteiger partial charge in [0.2, 0.25) is 0 Å². The Balaban J connectivity index is 3.64. The fraction of sp³-hybridized carbons (Fsp3) is 0.833. The van der Waals surface area contributed by atoms with Gasteiger partial charge in [-0.1, -0.05) is 53.7 Å². The Morgan fingerprint density at radius 1 is 0.917 bits per heavy atom. The van der Waals surface area contributed by atoms with Crippen molar-refractivity contribution in [1.82, 2.24) is 0 Å². The van der Waals surface area contributed by atoms with Crippen LogP contribution in [0, 0.1) is 10.8 Å². The predicted octanol–water partition coefficient (Wildman–Crippen LogP) is 4.42.